The third-order valence-corrected chi connectivity index (χ3v) is 4.89. The monoisotopic (exact) mass is 271 g/mol. The molecule has 1 N–H and O–H groups in total. The molecule has 2 atom stereocenters. The van der Waals surface area contributed by atoms with Gasteiger partial charge >= 0.3 is 0 Å². The van der Waals surface area contributed by atoms with Crippen LogP contribution >= 0.6 is 11.8 Å². The highest BCUT2D eigenvalue weighted by Crippen LogP contribution is 2.39. The quantitative estimate of drug-likeness (QED) is 0.871. The molecule has 0 saturated carbocycles. The van der Waals surface area contributed by atoms with Gasteiger partial charge in [-0.3, -0.25) is 0 Å². The van der Waals surface area contributed by atoms with E-state index in [-0.39, 0.29) is 0 Å². The van der Waals surface area contributed by atoms with Gasteiger partial charge in [-0.25, -0.2) is 9.97 Å². The standard InChI is InChI=1S/C15H17N3S/c1-16-15-12-5-3-2-4-11(12)6-7-13(15)19-14-8-9-17-10-18-14/h2-5,8-10,13,15-16H,6-7H2,1H3. The van der Waals surface area contributed by atoms with Crippen LogP contribution in [0.1, 0.15) is 23.6 Å². The van der Waals surface area contributed by atoms with Gasteiger partial charge < -0.3 is 5.32 Å². The smallest absolute Gasteiger partial charge is 0.116 e. The van der Waals surface area contributed by atoms with Crippen LogP contribution in [0.4, 0.5) is 0 Å². The molecule has 2 aromatic rings. The lowest BCUT2D eigenvalue weighted by Gasteiger charge is -2.32. The zero-order chi connectivity index (χ0) is 13.1. The van der Waals surface area contributed by atoms with E-state index in [9.17, 15) is 0 Å². The summed E-state index contributed by atoms with van der Waals surface area (Å²) in [5, 5.41) is 5.04. The number of aryl methyl sites for hydroxylation is 1. The van der Waals surface area contributed by atoms with Gasteiger partial charge in [0.15, 0.2) is 0 Å². The van der Waals surface area contributed by atoms with Crippen LogP contribution in [0.15, 0.2) is 47.9 Å². The number of aromatic nitrogens is 2. The van der Waals surface area contributed by atoms with Crippen molar-refractivity contribution in [2.45, 2.75) is 29.2 Å². The number of fused-ring (bicyclic) bond motifs is 1. The minimum atomic E-state index is 0.393. The Kier molecular flexibility index (Phi) is 3.80. The zero-order valence-electron chi connectivity index (χ0n) is 10.9. The SMILES string of the molecule is CNC1c2ccccc2CCC1Sc1ccncn1. The number of hydrogen-bond acceptors (Lipinski definition) is 4. The Bertz CT molecular complexity index is 544. The van der Waals surface area contributed by atoms with Crippen molar-refractivity contribution in [2.24, 2.45) is 0 Å². The van der Waals surface area contributed by atoms with Gasteiger partial charge in [-0.1, -0.05) is 24.3 Å². The van der Waals surface area contributed by atoms with Gasteiger partial charge in [0.2, 0.25) is 0 Å². The average molecular weight is 271 g/mol. The van der Waals surface area contributed by atoms with Gasteiger partial charge in [0.25, 0.3) is 0 Å². The molecule has 3 rings (SSSR count). The fraction of sp³-hybridized carbons (Fsp3) is 0.333. The van der Waals surface area contributed by atoms with Gasteiger partial charge in [0.1, 0.15) is 6.33 Å². The van der Waals surface area contributed by atoms with E-state index in [2.05, 4.69) is 39.6 Å². The molecule has 0 amide bonds. The summed E-state index contributed by atoms with van der Waals surface area (Å²) in [6, 6.07) is 11.1. The molecule has 0 fully saturated rings. The van der Waals surface area contributed by atoms with Crippen LogP contribution in [0.25, 0.3) is 0 Å². The van der Waals surface area contributed by atoms with Crippen LogP contribution in [0.3, 0.4) is 0 Å². The van der Waals surface area contributed by atoms with Crippen LogP contribution < -0.4 is 5.32 Å². The first-order chi connectivity index (χ1) is 9.38. The number of rotatable bonds is 3. The van der Waals surface area contributed by atoms with Gasteiger partial charge in [0.05, 0.1) is 5.03 Å². The Morgan fingerprint density at radius 2 is 2.16 bits per heavy atom. The predicted molar refractivity (Wildman–Crippen MR) is 78.2 cm³/mol. The summed E-state index contributed by atoms with van der Waals surface area (Å²) in [4.78, 5) is 8.30. The molecule has 2 unspecified atom stereocenters. The van der Waals surface area contributed by atoms with E-state index >= 15 is 0 Å². The molecule has 98 valence electrons. The number of nitrogens with one attached hydrogen (secondary N) is 1. The van der Waals surface area contributed by atoms with Gasteiger partial charge in [0, 0.05) is 17.5 Å². The van der Waals surface area contributed by atoms with Gasteiger partial charge in [-0.05, 0) is 37.1 Å². The van der Waals surface area contributed by atoms with E-state index in [1.165, 1.54) is 17.5 Å². The second-order valence-corrected chi connectivity index (χ2v) is 5.97. The van der Waals surface area contributed by atoms with Crippen LogP contribution in [0.2, 0.25) is 0 Å². The van der Waals surface area contributed by atoms with Crippen LogP contribution in [-0.2, 0) is 6.42 Å². The number of thioether (sulfide) groups is 1. The van der Waals surface area contributed by atoms with Crippen molar-refractivity contribution in [3.05, 3.63) is 54.0 Å². The van der Waals surface area contributed by atoms with E-state index < -0.39 is 0 Å². The molecule has 0 aliphatic heterocycles. The van der Waals surface area contributed by atoms with Crippen molar-refractivity contribution in [1.82, 2.24) is 15.3 Å². The Hall–Kier alpha value is -1.39. The fourth-order valence-corrected chi connectivity index (χ4v) is 3.91. The van der Waals surface area contributed by atoms with E-state index in [4.69, 9.17) is 0 Å². The maximum Gasteiger partial charge on any atom is 0.116 e. The van der Waals surface area contributed by atoms with Gasteiger partial charge in [-0.2, -0.15) is 0 Å². The minimum absolute atomic E-state index is 0.393. The van der Waals surface area contributed by atoms with Crippen LogP contribution in [0.5, 0.6) is 0 Å². The number of benzene rings is 1. The molecular formula is C15H17N3S. The molecule has 0 radical (unpaired) electrons. The van der Waals surface area contributed by atoms with Crippen molar-refractivity contribution >= 4 is 11.8 Å². The summed E-state index contributed by atoms with van der Waals surface area (Å²) in [7, 11) is 2.04. The lowest BCUT2D eigenvalue weighted by atomic mass is 9.87. The maximum atomic E-state index is 4.32. The van der Waals surface area contributed by atoms with Crippen molar-refractivity contribution < 1.29 is 0 Å². The maximum absolute atomic E-state index is 4.32. The summed E-state index contributed by atoms with van der Waals surface area (Å²) in [5.74, 6) is 0. The molecule has 0 saturated heterocycles. The fourth-order valence-electron chi connectivity index (χ4n) is 2.70. The van der Waals surface area contributed by atoms with E-state index in [0.717, 1.165) is 11.4 Å². The van der Waals surface area contributed by atoms with Crippen molar-refractivity contribution in [3.63, 3.8) is 0 Å². The first-order valence-corrected chi connectivity index (χ1v) is 7.44. The van der Waals surface area contributed by atoms with E-state index in [0.29, 0.717) is 11.3 Å². The molecule has 4 heteroatoms. The second-order valence-electron chi connectivity index (χ2n) is 4.71. The highest BCUT2D eigenvalue weighted by atomic mass is 32.2. The van der Waals surface area contributed by atoms with Crippen molar-refractivity contribution in [2.75, 3.05) is 7.05 Å². The van der Waals surface area contributed by atoms with Crippen molar-refractivity contribution in [3.8, 4) is 0 Å². The van der Waals surface area contributed by atoms with Crippen molar-refractivity contribution in [1.29, 1.82) is 0 Å². The lowest BCUT2D eigenvalue weighted by Crippen LogP contribution is -2.32. The molecule has 3 nitrogen and oxygen atoms in total. The minimum Gasteiger partial charge on any atom is -0.312 e. The normalized spacial score (nSPS) is 21.9. The average Bonchev–Trinajstić information content (AvgIpc) is 2.48. The highest BCUT2D eigenvalue weighted by molar-refractivity contribution is 7.99. The molecule has 0 spiro atoms. The zero-order valence-corrected chi connectivity index (χ0v) is 11.7. The molecule has 1 heterocycles. The topological polar surface area (TPSA) is 37.8 Å². The molecule has 19 heavy (non-hydrogen) atoms. The van der Waals surface area contributed by atoms with E-state index in [1.807, 2.05) is 24.9 Å². The summed E-state index contributed by atoms with van der Waals surface area (Å²) in [5.41, 5.74) is 2.91. The summed E-state index contributed by atoms with van der Waals surface area (Å²) in [6.07, 6.45) is 5.75. The first kappa shape index (κ1) is 12.6. The van der Waals surface area contributed by atoms with E-state index in [1.54, 1.807) is 12.5 Å². The molecule has 0 bridgehead atoms. The van der Waals surface area contributed by atoms with Crippen LogP contribution in [-0.4, -0.2) is 22.3 Å². The Morgan fingerprint density at radius 1 is 1.26 bits per heavy atom. The number of nitrogens with zero attached hydrogens (tertiary/aromatic N) is 2. The third kappa shape index (κ3) is 2.65. The summed E-state index contributed by atoms with van der Waals surface area (Å²) >= 11 is 1.85. The third-order valence-electron chi connectivity index (χ3n) is 3.60. The molecule has 1 aromatic heterocycles. The lowest BCUT2D eigenvalue weighted by molar-refractivity contribution is 0.510. The van der Waals surface area contributed by atoms with Gasteiger partial charge in [-0.15, -0.1) is 11.8 Å². The molecule has 1 aliphatic rings. The molecular weight excluding hydrogens is 254 g/mol. The first-order valence-electron chi connectivity index (χ1n) is 6.56. The largest absolute Gasteiger partial charge is 0.312 e. The predicted octanol–water partition coefficient (Wildman–Crippen LogP) is 2.84. The Labute approximate surface area is 117 Å². The Balaban J connectivity index is 1.84. The highest BCUT2D eigenvalue weighted by Gasteiger charge is 2.29. The molecule has 1 aromatic carbocycles. The molecule has 1 aliphatic carbocycles. The van der Waals surface area contributed by atoms with Crippen LogP contribution in [0, 0.1) is 0 Å². The second kappa shape index (κ2) is 5.72. The number of hydrogen-bond donors (Lipinski definition) is 1. The summed E-state index contributed by atoms with van der Waals surface area (Å²) in [6.45, 7) is 0. The summed E-state index contributed by atoms with van der Waals surface area (Å²) < 4.78 is 0. The Morgan fingerprint density at radius 3 is 2.95 bits per heavy atom.